The topological polar surface area (TPSA) is 86.8 Å². The number of anilines is 1. The Morgan fingerprint density at radius 1 is 0.800 bits per heavy atom. The maximum Gasteiger partial charge on any atom is 0.264 e. The maximum atomic E-state index is 14.5. The van der Waals surface area contributed by atoms with Crippen LogP contribution in [0, 0.1) is 13.8 Å². The fraction of sp³-hybridized carbons (Fsp3) is 0.257. The van der Waals surface area contributed by atoms with Gasteiger partial charge in [-0.2, -0.15) is 0 Å². The lowest BCUT2D eigenvalue weighted by Gasteiger charge is -2.34. The van der Waals surface area contributed by atoms with Gasteiger partial charge in [0.2, 0.25) is 11.8 Å². The van der Waals surface area contributed by atoms with E-state index in [1.165, 1.54) is 35.2 Å². The number of aryl methyl sites for hydroxylation is 2. The van der Waals surface area contributed by atoms with Crippen LogP contribution in [-0.4, -0.2) is 44.3 Å². The summed E-state index contributed by atoms with van der Waals surface area (Å²) in [4.78, 5) is 29.7. The first-order valence-electron chi connectivity index (χ1n) is 14.7. The van der Waals surface area contributed by atoms with E-state index >= 15 is 0 Å². The molecule has 0 aliphatic rings. The van der Waals surface area contributed by atoms with Crippen LogP contribution in [-0.2, 0) is 32.6 Å². The molecular weight excluding hydrogens is 629 g/mol. The Bertz CT molecular complexity index is 1730. The third-order valence-electron chi connectivity index (χ3n) is 7.33. The van der Waals surface area contributed by atoms with E-state index in [4.69, 9.17) is 23.2 Å². The zero-order valence-electron chi connectivity index (χ0n) is 25.5. The monoisotopic (exact) mass is 665 g/mol. The molecule has 0 fully saturated rings. The minimum atomic E-state index is -4.24. The molecule has 45 heavy (non-hydrogen) atoms. The molecule has 4 aromatic rings. The van der Waals surface area contributed by atoms with Crippen molar-refractivity contribution in [3.8, 4) is 0 Å². The molecule has 0 radical (unpaired) electrons. The molecule has 0 aromatic heterocycles. The summed E-state index contributed by atoms with van der Waals surface area (Å²) in [6, 6.07) is 27.0. The first-order chi connectivity index (χ1) is 21.5. The second-order valence-corrected chi connectivity index (χ2v) is 13.6. The summed E-state index contributed by atoms with van der Waals surface area (Å²) in [7, 11) is -4.24. The van der Waals surface area contributed by atoms with E-state index in [-0.39, 0.29) is 39.5 Å². The Labute approximate surface area is 275 Å². The molecule has 0 aliphatic carbocycles. The van der Waals surface area contributed by atoms with Gasteiger partial charge in [0.25, 0.3) is 10.0 Å². The summed E-state index contributed by atoms with van der Waals surface area (Å²) in [5.41, 5.74) is 3.73. The molecule has 2 amide bonds. The van der Waals surface area contributed by atoms with Gasteiger partial charge < -0.3 is 10.2 Å². The number of benzene rings is 4. The third kappa shape index (κ3) is 8.87. The van der Waals surface area contributed by atoms with Crippen molar-refractivity contribution in [3.05, 3.63) is 129 Å². The van der Waals surface area contributed by atoms with Crippen LogP contribution in [0.25, 0.3) is 0 Å². The molecule has 4 aromatic carbocycles. The average Bonchev–Trinajstić information content (AvgIpc) is 3.02. The summed E-state index contributed by atoms with van der Waals surface area (Å²) in [6.07, 6.45) is 0.959. The summed E-state index contributed by atoms with van der Waals surface area (Å²) in [6.45, 7) is 5.71. The van der Waals surface area contributed by atoms with Crippen molar-refractivity contribution >= 4 is 50.7 Å². The van der Waals surface area contributed by atoms with Crippen molar-refractivity contribution in [1.29, 1.82) is 0 Å². The lowest BCUT2D eigenvalue weighted by atomic mass is 10.0. The van der Waals surface area contributed by atoms with Crippen molar-refractivity contribution in [2.24, 2.45) is 0 Å². The van der Waals surface area contributed by atoms with Crippen molar-refractivity contribution in [3.63, 3.8) is 0 Å². The number of hydrogen-bond acceptors (Lipinski definition) is 4. The van der Waals surface area contributed by atoms with E-state index in [1.807, 2.05) is 75.4 Å². The van der Waals surface area contributed by atoms with E-state index < -0.39 is 28.5 Å². The number of halogens is 2. The highest BCUT2D eigenvalue weighted by Crippen LogP contribution is 2.31. The van der Waals surface area contributed by atoms with Crippen molar-refractivity contribution < 1.29 is 18.0 Å². The zero-order chi connectivity index (χ0) is 32.6. The van der Waals surface area contributed by atoms with E-state index in [0.29, 0.717) is 6.54 Å². The zero-order valence-corrected chi connectivity index (χ0v) is 27.9. The van der Waals surface area contributed by atoms with Crippen LogP contribution in [0.3, 0.4) is 0 Å². The number of sulfonamides is 1. The molecule has 0 saturated heterocycles. The molecule has 0 aliphatic heterocycles. The molecule has 236 valence electrons. The minimum absolute atomic E-state index is 0.0127. The van der Waals surface area contributed by atoms with Crippen molar-refractivity contribution in [1.82, 2.24) is 10.2 Å². The molecule has 7 nitrogen and oxygen atoms in total. The smallest absolute Gasteiger partial charge is 0.264 e. The van der Waals surface area contributed by atoms with Crippen LogP contribution in [0.15, 0.2) is 102 Å². The van der Waals surface area contributed by atoms with Crippen LogP contribution in [0.2, 0.25) is 10.0 Å². The summed E-state index contributed by atoms with van der Waals surface area (Å²) in [5, 5.41) is 3.34. The van der Waals surface area contributed by atoms with Gasteiger partial charge in [0, 0.05) is 19.5 Å². The minimum Gasteiger partial charge on any atom is -0.354 e. The fourth-order valence-corrected chi connectivity index (χ4v) is 6.63. The molecule has 4 rings (SSSR count). The molecule has 1 atom stereocenters. The predicted molar refractivity (Wildman–Crippen MR) is 181 cm³/mol. The Kier molecular flexibility index (Phi) is 11.7. The highest BCUT2D eigenvalue weighted by atomic mass is 35.5. The number of hydrogen-bond donors (Lipinski definition) is 1. The van der Waals surface area contributed by atoms with Gasteiger partial charge in [-0.3, -0.25) is 13.9 Å². The van der Waals surface area contributed by atoms with Gasteiger partial charge >= 0.3 is 0 Å². The van der Waals surface area contributed by atoms with E-state index in [9.17, 15) is 18.0 Å². The van der Waals surface area contributed by atoms with E-state index in [1.54, 1.807) is 12.1 Å². The molecule has 1 unspecified atom stereocenters. The lowest BCUT2D eigenvalue weighted by molar-refractivity contribution is -0.140. The second-order valence-electron chi connectivity index (χ2n) is 10.9. The van der Waals surface area contributed by atoms with Gasteiger partial charge in [-0.1, -0.05) is 108 Å². The van der Waals surface area contributed by atoms with E-state index in [0.717, 1.165) is 33.0 Å². The highest BCUT2D eigenvalue weighted by molar-refractivity contribution is 7.92. The van der Waals surface area contributed by atoms with Crippen molar-refractivity contribution in [2.45, 2.75) is 51.1 Å². The Hall–Kier alpha value is -3.85. The molecule has 0 saturated carbocycles. The first kappa shape index (κ1) is 34.0. The number of amides is 2. The number of nitrogens with zero attached hydrogens (tertiary/aromatic N) is 2. The quantitative estimate of drug-likeness (QED) is 0.167. The summed E-state index contributed by atoms with van der Waals surface area (Å²) in [5.74, 6) is -0.866. The Morgan fingerprint density at radius 3 is 2.13 bits per heavy atom. The average molecular weight is 667 g/mol. The van der Waals surface area contributed by atoms with Crippen LogP contribution in [0.5, 0.6) is 0 Å². The van der Waals surface area contributed by atoms with Crippen LogP contribution < -0.4 is 9.62 Å². The van der Waals surface area contributed by atoms with Crippen LogP contribution in [0.1, 0.15) is 35.6 Å². The highest BCUT2D eigenvalue weighted by Gasteiger charge is 2.34. The van der Waals surface area contributed by atoms with Crippen molar-refractivity contribution in [2.75, 3.05) is 17.4 Å². The second kappa shape index (κ2) is 15.4. The molecular formula is C35H37Cl2N3O4S. The molecule has 0 spiro atoms. The number of nitrogens with one attached hydrogen (secondary N) is 1. The molecule has 0 heterocycles. The van der Waals surface area contributed by atoms with Gasteiger partial charge in [0.15, 0.2) is 0 Å². The van der Waals surface area contributed by atoms with Crippen LogP contribution >= 0.6 is 23.2 Å². The predicted octanol–water partition coefficient (Wildman–Crippen LogP) is 6.97. The Morgan fingerprint density at radius 2 is 1.49 bits per heavy atom. The summed E-state index contributed by atoms with van der Waals surface area (Å²) < 4.78 is 29.3. The number of rotatable bonds is 13. The fourth-order valence-electron chi connectivity index (χ4n) is 4.93. The number of carbonyl (C=O) groups excluding carboxylic acids is 2. The van der Waals surface area contributed by atoms with Gasteiger partial charge in [-0.05, 0) is 61.7 Å². The third-order valence-corrected chi connectivity index (χ3v) is 9.86. The SMILES string of the molecule is CCCNC(=O)C(Cc1ccccc1)N(Cc1cccc(C)c1)C(=O)CN(c1ccc(Cl)c(Cl)c1)S(=O)(=O)c1ccc(C)cc1. The molecule has 1 N–H and O–H groups in total. The van der Waals surface area contributed by atoms with Gasteiger partial charge in [-0.25, -0.2) is 8.42 Å². The first-order valence-corrected chi connectivity index (χ1v) is 16.9. The van der Waals surface area contributed by atoms with Gasteiger partial charge in [0.1, 0.15) is 12.6 Å². The molecule has 0 bridgehead atoms. The van der Waals surface area contributed by atoms with Gasteiger partial charge in [-0.15, -0.1) is 0 Å². The largest absolute Gasteiger partial charge is 0.354 e. The number of carbonyl (C=O) groups is 2. The van der Waals surface area contributed by atoms with Gasteiger partial charge in [0.05, 0.1) is 20.6 Å². The lowest BCUT2D eigenvalue weighted by Crippen LogP contribution is -2.53. The molecule has 10 heteroatoms. The summed E-state index contributed by atoms with van der Waals surface area (Å²) >= 11 is 12.5. The maximum absolute atomic E-state index is 14.5. The standard InChI is InChI=1S/C35H37Cl2N3O4S/c1-4-19-38-35(42)33(21-27-10-6-5-7-11-27)39(23-28-12-8-9-26(3)20-28)34(41)24-40(29-15-18-31(36)32(37)22-29)45(43,44)30-16-13-25(2)14-17-30/h5-18,20,22,33H,4,19,21,23-24H2,1-3H3,(H,38,42). The normalized spacial score (nSPS) is 11.9. The Balaban J connectivity index is 1.81. The van der Waals surface area contributed by atoms with E-state index in [2.05, 4.69) is 5.32 Å². The van der Waals surface area contributed by atoms with Crippen LogP contribution in [0.4, 0.5) is 5.69 Å².